The number of nitrogens with zero attached hydrogens (tertiary/aromatic N) is 3. The van der Waals surface area contributed by atoms with Crippen molar-refractivity contribution in [2.45, 2.75) is 52.6 Å². The van der Waals surface area contributed by atoms with Crippen LogP contribution in [0.5, 0.6) is 5.88 Å². The maximum Gasteiger partial charge on any atom is 0.218 e. The fourth-order valence-electron chi connectivity index (χ4n) is 2.62. The first-order valence-electron chi connectivity index (χ1n) is 7.58. The highest BCUT2D eigenvalue weighted by Gasteiger charge is 2.26. The van der Waals surface area contributed by atoms with E-state index in [0.29, 0.717) is 24.6 Å². The summed E-state index contributed by atoms with van der Waals surface area (Å²) in [6.45, 7) is 11.0. The second-order valence-corrected chi connectivity index (χ2v) is 5.60. The van der Waals surface area contributed by atoms with E-state index in [2.05, 4.69) is 34.0 Å². The second-order valence-electron chi connectivity index (χ2n) is 5.60. The van der Waals surface area contributed by atoms with Crippen LogP contribution in [-0.2, 0) is 0 Å². The number of anilines is 1. The number of aromatic nitrogens is 2. The summed E-state index contributed by atoms with van der Waals surface area (Å²) in [6.07, 6.45) is 2.43. The van der Waals surface area contributed by atoms with Crippen LogP contribution in [0.4, 0.5) is 5.82 Å². The smallest absolute Gasteiger partial charge is 0.218 e. The Bertz CT molecular complexity index is 436. The summed E-state index contributed by atoms with van der Waals surface area (Å²) in [5.74, 6) is 2.44. The zero-order valence-electron chi connectivity index (χ0n) is 13.0. The number of aryl methyl sites for hydroxylation is 1. The highest BCUT2D eigenvalue weighted by atomic mass is 16.5. The van der Waals surface area contributed by atoms with Crippen LogP contribution in [-0.4, -0.2) is 41.7 Å². The summed E-state index contributed by atoms with van der Waals surface area (Å²) in [7, 11) is 0. The van der Waals surface area contributed by atoms with E-state index in [9.17, 15) is 0 Å². The van der Waals surface area contributed by atoms with Crippen molar-refractivity contribution >= 4 is 5.82 Å². The van der Waals surface area contributed by atoms with Crippen LogP contribution >= 0.6 is 0 Å². The van der Waals surface area contributed by atoms with Gasteiger partial charge in [-0.05, 0) is 26.7 Å². The van der Waals surface area contributed by atoms with Gasteiger partial charge in [-0.3, -0.25) is 0 Å². The fraction of sp³-hybridized carbons (Fsp3) is 0.733. The Morgan fingerprint density at radius 1 is 1.45 bits per heavy atom. The summed E-state index contributed by atoms with van der Waals surface area (Å²) in [4.78, 5) is 11.3. The maximum atomic E-state index is 5.53. The Morgan fingerprint density at radius 3 is 2.95 bits per heavy atom. The topological polar surface area (TPSA) is 50.3 Å². The van der Waals surface area contributed by atoms with Gasteiger partial charge >= 0.3 is 0 Å². The SMILES string of the molecule is CCOc1cc(N2CCCC2CNC(C)C)nc(C)n1. The van der Waals surface area contributed by atoms with Gasteiger partial charge in [-0.2, -0.15) is 4.98 Å². The lowest BCUT2D eigenvalue weighted by atomic mass is 10.2. The minimum atomic E-state index is 0.515. The molecule has 1 saturated heterocycles. The van der Waals surface area contributed by atoms with Gasteiger partial charge in [0.2, 0.25) is 5.88 Å². The predicted octanol–water partition coefficient (Wildman–Crippen LogP) is 2.15. The zero-order chi connectivity index (χ0) is 14.5. The standard InChI is InChI=1S/C15H26N4O/c1-5-20-15-9-14(17-12(4)18-15)19-8-6-7-13(19)10-16-11(2)3/h9,11,13,16H,5-8,10H2,1-4H3. The van der Waals surface area contributed by atoms with Gasteiger partial charge in [-0.15, -0.1) is 0 Å². The molecule has 1 aromatic rings. The molecule has 1 aliphatic heterocycles. The molecule has 2 rings (SSSR count). The molecular weight excluding hydrogens is 252 g/mol. The lowest BCUT2D eigenvalue weighted by molar-refractivity contribution is 0.325. The average Bonchev–Trinajstić information content (AvgIpc) is 2.84. The van der Waals surface area contributed by atoms with Crippen molar-refractivity contribution in [3.8, 4) is 5.88 Å². The van der Waals surface area contributed by atoms with Crippen LogP contribution in [0, 0.1) is 6.92 Å². The van der Waals surface area contributed by atoms with E-state index < -0.39 is 0 Å². The number of rotatable bonds is 6. The molecule has 0 bridgehead atoms. The van der Waals surface area contributed by atoms with E-state index >= 15 is 0 Å². The first kappa shape index (κ1) is 15.0. The van der Waals surface area contributed by atoms with E-state index in [1.807, 2.05) is 19.9 Å². The first-order chi connectivity index (χ1) is 9.60. The molecule has 1 aromatic heterocycles. The Kier molecular flexibility index (Phi) is 5.17. The molecule has 1 N–H and O–H groups in total. The molecule has 112 valence electrons. The van der Waals surface area contributed by atoms with E-state index in [-0.39, 0.29) is 0 Å². The van der Waals surface area contributed by atoms with Gasteiger partial charge in [-0.25, -0.2) is 4.98 Å². The molecule has 0 aromatic carbocycles. The van der Waals surface area contributed by atoms with Gasteiger partial charge in [-0.1, -0.05) is 13.8 Å². The third-order valence-electron chi connectivity index (χ3n) is 3.53. The molecule has 0 amide bonds. The lowest BCUT2D eigenvalue weighted by Crippen LogP contribution is -2.40. The second kappa shape index (κ2) is 6.88. The van der Waals surface area contributed by atoms with Crippen molar-refractivity contribution in [1.29, 1.82) is 0 Å². The number of ether oxygens (including phenoxy) is 1. The molecule has 0 saturated carbocycles. The van der Waals surface area contributed by atoms with E-state index in [4.69, 9.17) is 4.74 Å². The van der Waals surface area contributed by atoms with Crippen molar-refractivity contribution in [3.05, 3.63) is 11.9 Å². The summed E-state index contributed by atoms with van der Waals surface area (Å²) < 4.78 is 5.53. The molecule has 5 heteroatoms. The Morgan fingerprint density at radius 2 is 2.25 bits per heavy atom. The van der Waals surface area contributed by atoms with Gasteiger partial charge in [0.1, 0.15) is 11.6 Å². The minimum Gasteiger partial charge on any atom is -0.478 e. The zero-order valence-corrected chi connectivity index (χ0v) is 13.0. The third kappa shape index (κ3) is 3.82. The molecule has 0 spiro atoms. The van der Waals surface area contributed by atoms with E-state index in [1.165, 1.54) is 12.8 Å². The van der Waals surface area contributed by atoms with Gasteiger partial charge in [0, 0.05) is 31.2 Å². The summed E-state index contributed by atoms with van der Waals surface area (Å²) in [5, 5.41) is 3.53. The van der Waals surface area contributed by atoms with Gasteiger partial charge in [0.15, 0.2) is 0 Å². The molecule has 20 heavy (non-hydrogen) atoms. The highest BCUT2D eigenvalue weighted by Crippen LogP contribution is 2.26. The van der Waals surface area contributed by atoms with E-state index in [0.717, 1.165) is 24.7 Å². The number of hydrogen-bond acceptors (Lipinski definition) is 5. The van der Waals surface area contributed by atoms with Gasteiger partial charge in [0.05, 0.1) is 6.61 Å². The Balaban J connectivity index is 2.12. The highest BCUT2D eigenvalue weighted by molar-refractivity contribution is 5.44. The number of hydrogen-bond donors (Lipinski definition) is 1. The third-order valence-corrected chi connectivity index (χ3v) is 3.53. The van der Waals surface area contributed by atoms with Crippen molar-refractivity contribution in [2.75, 3.05) is 24.6 Å². The molecule has 2 heterocycles. The Labute approximate surface area is 121 Å². The molecular formula is C15H26N4O. The maximum absolute atomic E-state index is 5.53. The van der Waals surface area contributed by atoms with Crippen molar-refractivity contribution < 1.29 is 4.74 Å². The molecule has 1 unspecified atom stereocenters. The molecule has 1 aliphatic rings. The first-order valence-corrected chi connectivity index (χ1v) is 7.58. The molecule has 1 fully saturated rings. The van der Waals surface area contributed by atoms with Crippen LogP contribution in [0.3, 0.4) is 0 Å². The number of nitrogens with one attached hydrogen (secondary N) is 1. The van der Waals surface area contributed by atoms with Crippen molar-refractivity contribution in [3.63, 3.8) is 0 Å². The van der Waals surface area contributed by atoms with Crippen LogP contribution in [0.2, 0.25) is 0 Å². The lowest BCUT2D eigenvalue weighted by Gasteiger charge is -2.27. The van der Waals surface area contributed by atoms with Crippen LogP contribution in [0.25, 0.3) is 0 Å². The predicted molar refractivity (Wildman–Crippen MR) is 81.4 cm³/mol. The quantitative estimate of drug-likeness (QED) is 0.864. The summed E-state index contributed by atoms with van der Waals surface area (Å²) >= 11 is 0. The summed E-state index contributed by atoms with van der Waals surface area (Å²) in [5.41, 5.74) is 0. The molecule has 1 atom stereocenters. The van der Waals surface area contributed by atoms with E-state index in [1.54, 1.807) is 0 Å². The molecule has 5 nitrogen and oxygen atoms in total. The molecule has 0 radical (unpaired) electrons. The van der Waals surface area contributed by atoms with Crippen molar-refractivity contribution in [2.24, 2.45) is 0 Å². The minimum absolute atomic E-state index is 0.515. The Hall–Kier alpha value is -1.36. The normalized spacial score (nSPS) is 18.9. The molecule has 0 aliphatic carbocycles. The largest absolute Gasteiger partial charge is 0.478 e. The van der Waals surface area contributed by atoms with Gasteiger partial charge < -0.3 is 15.0 Å². The monoisotopic (exact) mass is 278 g/mol. The average molecular weight is 278 g/mol. The summed E-state index contributed by atoms with van der Waals surface area (Å²) in [6, 6.07) is 2.99. The fourth-order valence-corrected chi connectivity index (χ4v) is 2.62. The van der Waals surface area contributed by atoms with Gasteiger partial charge in [0.25, 0.3) is 0 Å². The van der Waals surface area contributed by atoms with Crippen LogP contribution in [0.1, 0.15) is 39.4 Å². The van der Waals surface area contributed by atoms with Crippen LogP contribution in [0.15, 0.2) is 6.07 Å². The van der Waals surface area contributed by atoms with Crippen LogP contribution < -0.4 is 15.0 Å². The van der Waals surface area contributed by atoms with Crippen molar-refractivity contribution in [1.82, 2.24) is 15.3 Å².